The van der Waals surface area contributed by atoms with Gasteiger partial charge in [0.1, 0.15) is 0 Å². The van der Waals surface area contributed by atoms with E-state index in [2.05, 4.69) is 41.6 Å². The van der Waals surface area contributed by atoms with Gasteiger partial charge in [0.05, 0.1) is 5.69 Å². The average molecular weight is 281 g/mol. The molecule has 2 rings (SSSR count). The normalized spacial score (nSPS) is 18.7. The summed E-state index contributed by atoms with van der Waals surface area (Å²) in [7, 11) is 2.01. The van der Waals surface area contributed by atoms with E-state index in [1.54, 1.807) is 0 Å². The van der Waals surface area contributed by atoms with Gasteiger partial charge >= 0.3 is 0 Å². The van der Waals surface area contributed by atoms with Crippen molar-refractivity contribution in [1.29, 1.82) is 0 Å². The van der Waals surface area contributed by atoms with Crippen molar-refractivity contribution in [2.45, 2.75) is 56.7 Å². The van der Waals surface area contributed by atoms with Crippen LogP contribution in [0.25, 0.3) is 0 Å². The third kappa shape index (κ3) is 3.76. The molecule has 1 N–H and O–H groups in total. The van der Waals surface area contributed by atoms with Gasteiger partial charge in [-0.3, -0.25) is 4.68 Å². The van der Waals surface area contributed by atoms with E-state index < -0.39 is 0 Å². The zero-order valence-corrected chi connectivity index (χ0v) is 13.4. The average Bonchev–Trinajstić information content (AvgIpc) is 2.80. The molecule has 108 valence electrons. The molecular formula is C15H27N3S. The van der Waals surface area contributed by atoms with Crippen molar-refractivity contribution in [3.63, 3.8) is 0 Å². The van der Waals surface area contributed by atoms with Gasteiger partial charge in [0.2, 0.25) is 0 Å². The number of nitrogens with zero attached hydrogens (tertiary/aromatic N) is 2. The first kappa shape index (κ1) is 14.9. The molecule has 1 saturated carbocycles. The maximum absolute atomic E-state index is 4.50. The van der Waals surface area contributed by atoms with E-state index >= 15 is 0 Å². The van der Waals surface area contributed by atoms with Gasteiger partial charge in [-0.2, -0.15) is 16.9 Å². The fourth-order valence-electron chi connectivity index (χ4n) is 3.10. The topological polar surface area (TPSA) is 29.9 Å². The summed E-state index contributed by atoms with van der Waals surface area (Å²) in [6.07, 6.45) is 12.4. The van der Waals surface area contributed by atoms with Crippen LogP contribution in [0, 0.1) is 0 Å². The van der Waals surface area contributed by atoms with E-state index in [0.717, 1.165) is 19.5 Å². The molecule has 1 aromatic rings. The van der Waals surface area contributed by atoms with Crippen molar-refractivity contribution >= 4 is 11.8 Å². The highest BCUT2D eigenvalue weighted by Crippen LogP contribution is 2.37. The van der Waals surface area contributed by atoms with Crippen LogP contribution in [0.15, 0.2) is 6.20 Å². The lowest BCUT2D eigenvalue weighted by Gasteiger charge is -2.36. The fraction of sp³-hybridized carbons (Fsp3) is 0.800. The highest BCUT2D eigenvalue weighted by Gasteiger charge is 2.30. The summed E-state index contributed by atoms with van der Waals surface area (Å²) in [6, 6.07) is 0. The minimum Gasteiger partial charge on any atom is -0.311 e. The maximum atomic E-state index is 4.50. The Morgan fingerprint density at radius 1 is 1.37 bits per heavy atom. The molecule has 0 aromatic carbocycles. The van der Waals surface area contributed by atoms with Gasteiger partial charge in [-0.1, -0.05) is 26.2 Å². The number of nitrogens with one attached hydrogen (secondary N) is 1. The highest BCUT2D eigenvalue weighted by atomic mass is 32.2. The molecule has 0 unspecified atom stereocenters. The van der Waals surface area contributed by atoms with Crippen LogP contribution >= 0.6 is 11.8 Å². The molecule has 19 heavy (non-hydrogen) atoms. The third-order valence-corrected chi connectivity index (χ3v) is 5.71. The molecule has 1 fully saturated rings. The number of aryl methyl sites for hydroxylation is 2. The lowest BCUT2D eigenvalue weighted by Crippen LogP contribution is -2.39. The quantitative estimate of drug-likeness (QED) is 0.869. The molecule has 1 aliphatic carbocycles. The molecule has 1 aromatic heterocycles. The van der Waals surface area contributed by atoms with E-state index in [9.17, 15) is 0 Å². The summed E-state index contributed by atoms with van der Waals surface area (Å²) in [5.74, 6) is 0. The molecule has 0 bridgehead atoms. The van der Waals surface area contributed by atoms with Crippen LogP contribution in [0.5, 0.6) is 0 Å². The molecule has 3 nitrogen and oxygen atoms in total. The summed E-state index contributed by atoms with van der Waals surface area (Å²) in [6.45, 7) is 4.27. The Kier molecular flexibility index (Phi) is 5.34. The summed E-state index contributed by atoms with van der Waals surface area (Å²) in [4.78, 5) is 0. The number of hydrogen-bond donors (Lipinski definition) is 1. The molecular weight excluding hydrogens is 254 g/mol. The van der Waals surface area contributed by atoms with E-state index in [1.165, 1.54) is 43.4 Å². The van der Waals surface area contributed by atoms with Gasteiger partial charge < -0.3 is 5.32 Å². The Balaban J connectivity index is 1.88. The standard InChI is InChI=1S/C15H27N3S/c1-4-14-13(11-18(2)17-14)10-16-12-15(19-3)8-6-5-7-9-15/h11,16H,4-10,12H2,1-3H3. The summed E-state index contributed by atoms with van der Waals surface area (Å²) in [5, 5.41) is 8.18. The Labute approximate surface area is 121 Å². The lowest BCUT2D eigenvalue weighted by atomic mass is 9.88. The molecule has 0 saturated heterocycles. The molecule has 0 radical (unpaired) electrons. The van der Waals surface area contributed by atoms with E-state index in [0.29, 0.717) is 4.75 Å². The fourth-order valence-corrected chi connectivity index (χ4v) is 4.05. The minimum atomic E-state index is 0.479. The second-order valence-corrected chi connectivity index (χ2v) is 6.95. The van der Waals surface area contributed by atoms with Gasteiger partial charge in [0, 0.05) is 36.6 Å². The van der Waals surface area contributed by atoms with Crippen LogP contribution in [0.2, 0.25) is 0 Å². The third-order valence-electron chi connectivity index (χ3n) is 4.29. The molecule has 0 amide bonds. The molecule has 4 heteroatoms. The van der Waals surface area contributed by atoms with E-state index in [4.69, 9.17) is 0 Å². The largest absolute Gasteiger partial charge is 0.311 e. The molecule has 0 aliphatic heterocycles. The zero-order valence-electron chi connectivity index (χ0n) is 12.5. The predicted octanol–water partition coefficient (Wildman–Crippen LogP) is 3.14. The monoisotopic (exact) mass is 281 g/mol. The van der Waals surface area contributed by atoms with Crippen molar-refractivity contribution < 1.29 is 0 Å². The zero-order chi connectivity index (χ0) is 13.7. The predicted molar refractivity (Wildman–Crippen MR) is 83.6 cm³/mol. The molecule has 0 spiro atoms. The van der Waals surface area contributed by atoms with Gasteiger partial charge in [-0.05, 0) is 25.5 Å². The second-order valence-electron chi connectivity index (χ2n) is 5.68. The highest BCUT2D eigenvalue weighted by molar-refractivity contribution is 8.00. The van der Waals surface area contributed by atoms with Crippen LogP contribution in [-0.2, 0) is 20.0 Å². The number of rotatable bonds is 6. The molecule has 1 aliphatic rings. The van der Waals surface area contributed by atoms with Crippen molar-refractivity contribution in [3.05, 3.63) is 17.5 Å². The maximum Gasteiger partial charge on any atom is 0.0666 e. The number of hydrogen-bond acceptors (Lipinski definition) is 3. The number of thioether (sulfide) groups is 1. The molecule has 0 atom stereocenters. The first-order valence-electron chi connectivity index (χ1n) is 7.46. The summed E-state index contributed by atoms with van der Waals surface area (Å²) < 4.78 is 2.41. The van der Waals surface area contributed by atoms with Crippen molar-refractivity contribution in [2.24, 2.45) is 7.05 Å². The minimum absolute atomic E-state index is 0.479. The van der Waals surface area contributed by atoms with Gasteiger partial charge in [-0.15, -0.1) is 0 Å². The Hall–Kier alpha value is -0.480. The van der Waals surface area contributed by atoms with Crippen LogP contribution in [0.3, 0.4) is 0 Å². The van der Waals surface area contributed by atoms with Crippen molar-refractivity contribution in [1.82, 2.24) is 15.1 Å². The van der Waals surface area contributed by atoms with Crippen LogP contribution < -0.4 is 5.32 Å². The number of aromatic nitrogens is 2. The van der Waals surface area contributed by atoms with Gasteiger partial charge in [-0.25, -0.2) is 0 Å². The summed E-state index contributed by atoms with van der Waals surface area (Å²) >= 11 is 2.06. The van der Waals surface area contributed by atoms with Crippen LogP contribution in [0.4, 0.5) is 0 Å². The SMILES string of the molecule is CCc1nn(C)cc1CNCC1(SC)CCCCC1. The molecule has 1 heterocycles. The first-order chi connectivity index (χ1) is 9.19. The van der Waals surface area contributed by atoms with Crippen LogP contribution in [0.1, 0.15) is 50.3 Å². The smallest absolute Gasteiger partial charge is 0.0666 e. The van der Waals surface area contributed by atoms with Crippen molar-refractivity contribution in [3.8, 4) is 0 Å². The second kappa shape index (κ2) is 6.80. The van der Waals surface area contributed by atoms with Gasteiger partial charge in [0.15, 0.2) is 0 Å². The Morgan fingerprint density at radius 2 is 2.11 bits per heavy atom. The Morgan fingerprint density at radius 3 is 2.74 bits per heavy atom. The first-order valence-corrected chi connectivity index (χ1v) is 8.69. The van der Waals surface area contributed by atoms with Crippen LogP contribution in [-0.4, -0.2) is 27.3 Å². The van der Waals surface area contributed by atoms with Gasteiger partial charge in [0.25, 0.3) is 0 Å². The lowest BCUT2D eigenvalue weighted by molar-refractivity contribution is 0.379. The Bertz CT molecular complexity index is 394. The van der Waals surface area contributed by atoms with E-state index in [1.807, 2.05) is 11.7 Å². The van der Waals surface area contributed by atoms with E-state index in [-0.39, 0.29) is 0 Å². The summed E-state index contributed by atoms with van der Waals surface area (Å²) in [5.41, 5.74) is 2.59. The van der Waals surface area contributed by atoms with Crippen molar-refractivity contribution in [2.75, 3.05) is 12.8 Å².